The number of rotatable bonds is 11. The van der Waals surface area contributed by atoms with Gasteiger partial charge in [0.05, 0.1) is 0 Å². The van der Waals surface area contributed by atoms with Gasteiger partial charge >= 0.3 is 6.09 Å². The number of amides is 3. The minimum absolute atomic E-state index is 0.0806. The molecule has 0 bridgehead atoms. The highest BCUT2D eigenvalue weighted by molar-refractivity contribution is 5.92. The lowest BCUT2D eigenvalue weighted by Gasteiger charge is -2.37. The maximum absolute atomic E-state index is 14.2. The van der Waals surface area contributed by atoms with E-state index in [1.54, 1.807) is 52.0 Å². The molecule has 0 aliphatic heterocycles. The number of benzene rings is 2. The first-order chi connectivity index (χ1) is 18.2. The van der Waals surface area contributed by atoms with Crippen LogP contribution in [0.15, 0.2) is 42.5 Å². The lowest BCUT2D eigenvalue weighted by molar-refractivity contribution is -0.144. The Morgan fingerprint density at radius 3 is 2.21 bits per heavy atom. The largest absolute Gasteiger partial charge is 0.508 e. The summed E-state index contributed by atoms with van der Waals surface area (Å²) in [5.41, 5.74) is 1.04. The van der Waals surface area contributed by atoms with Crippen LogP contribution in [0.5, 0.6) is 11.5 Å². The van der Waals surface area contributed by atoms with Gasteiger partial charge in [-0.3, -0.25) is 9.59 Å². The van der Waals surface area contributed by atoms with Crippen LogP contribution in [0.2, 0.25) is 0 Å². The molecule has 2 aromatic carbocycles. The van der Waals surface area contributed by atoms with Crippen LogP contribution in [-0.4, -0.2) is 57.3 Å². The van der Waals surface area contributed by atoms with Gasteiger partial charge in [0.15, 0.2) is 0 Å². The zero-order chi connectivity index (χ0) is 29.3. The van der Waals surface area contributed by atoms with E-state index in [0.29, 0.717) is 23.2 Å². The number of hydrogen-bond donors (Lipinski definition) is 4. The van der Waals surface area contributed by atoms with E-state index in [4.69, 9.17) is 4.74 Å². The van der Waals surface area contributed by atoms with Gasteiger partial charge in [0, 0.05) is 19.0 Å². The fourth-order valence-electron chi connectivity index (χ4n) is 4.15. The first kappa shape index (κ1) is 31.5. The number of alkyl carbamates (subject to hydrolysis) is 1. The number of phenols is 2. The highest BCUT2D eigenvalue weighted by atomic mass is 16.6. The van der Waals surface area contributed by atoms with Crippen molar-refractivity contribution in [1.82, 2.24) is 15.5 Å². The molecule has 0 fully saturated rings. The normalized spacial score (nSPS) is 12.9. The molecule has 0 aromatic heterocycles. The second kappa shape index (κ2) is 13.9. The molecule has 2 aromatic rings. The van der Waals surface area contributed by atoms with Crippen molar-refractivity contribution in [2.24, 2.45) is 0 Å². The number of ether oxygens (including phenoxy) is 1. The zero-order valence-corrected chi connectivity index (χ0v) is 24.1. The number of carbonyl (C=O) groups excluding carboxylic acids is 3. The van der Waals surface area contributed by atoms with Gasteiger partial charge in [-0.25, -0.2) is 4.79 Å². The number of unbranched alkanes of at least 4 members (excludes halogenated alkanes) is 1. The van der Waals surface area contributed by atoms with Crippen LogP contribution in [0.25, 0.3) is 0 Å². The third-order valence-electron chi connectivity index (χ3n) is 6.07. The molecule has 0 saturated carbocycles. The molecule has 0 aliphatic carbocycles. The standard InChI is InChI=1S/C30H43N3O6/c1-8-9-16-31-27(36)26(22-12-15-25(35)20(4)17-22)33(19(2)3)28(37)24(32-29(38)39-30(5,6)7)18-21-10-13-23(34)14-11-21/h10-15,17,19,24,26,34-35H,8-9,16,18H2,1-7H3,(H,31,36)(H,32,38). The number of nitrogens with one attached hydrogen (secondary N) is 2. The molecule has 4 N–H and O–H groups in total. The van der Waals surface area contributed by atoms with Crippen LogP contribution in [0, 0.1) is 6.92 Å². The van der Waals surface area contributed by atoms with Crippen molar-refractivity contribution in [2.75, 3.05) is 6.54 Å². The van der Waals surface area contributed by atoms with E-state index in [1.807, 2.05) is 20.8 Å². The van der Waals surface area contributed by atoms with Crippen LogP contribution in [-0.2, 0) is 20.7 Å². The number of carbonyl (C=O) groups is 3. The van der Waals surface area contributed by atoms with E-state index in [2.05, 4.69) is 10.6 Å². The van der Waals surface area contributed by atoms with E-state index < -0.39 is 35.7 Å². The summed E-state index contributed by atoms with van der Waals surface area (Å²) in [6.07, 6.45) is 1.03. The monoisotopic (exact) mass is 541 g/mol. The van der Waals surface area contributed by atoms with Crippen molar-refractivity contribution in [3.05, 3.63) is 59.2 Å². The van der Waals surface area contributed by atoms with Gasteiger partial charge in [-0.15, -0.1) is 0 Å². The van der Waals surface area contributed by atoms with E-state index in [0.717, 1.165) is 12.8 Å². The molecule has 9 heteroatoms. The lowest BCUT2D eigenvalue weighted by Crippen LogP contribution is -2.55. The Morgan fingerprint density at radius 2 is 1.67 bits per heavy atom. The van der Waals surface area contributed by atoms with E-state index in [-0.39, 0.29) is 23.8 Å². The smallest absolute Gasteiger partial charge is 0.408 e. The lowest BCUT2D eigenvalue weighted by atomic mass is 9.97. The van der Waals surface area contributed by atoms with Crippen molar-refractivity contribution < 1.29 is 29.3 Å². The summed E-state index contributed by atoms with van der Waals surface area (Å²) in [6.45, 7) is 13.0. The van der Waals surface area contributed by atoms with Crippen molar-refractivity contribution in [1.29, 1.82) is 0 Å². The van der Waals surface area contributed by atoms with Gasteiger partial charge in [0.25, 0.3) is 0 Å². The molecule has 0 radical (unpaired) electrons. The Hall–Kier alpha value is -3.75. The van der Waals surface area contributed by atoms with Gasteiger partial charge < -0.3 is 30.5 Å². The third kappa shape index (κ3) is 9.50. The predicted octanol–water partition coefficient (Wildman–Crippen LogP) is 4.74. The molecule has 214 valence electrons. The van der Waals surface area contributed by atoms with E-state index in [1.165, 1.54) is 23.1 Å². The summed E-state index contributed by atoms with van der Waals surface area (Å²) >= 11 is 0. The molecule has 0 heterocycles. The summed E-state index contributed by atoms with van der Waals surface area (Å²) in [6, 6.07) is 8.70. The summed E-state index contributed by atoms with van der Waals surface area (Å²) in [5, 5.41) is 25.4. The highest BCUT2D eigenvalue weighted by Crippen LogP contribution is 2.29. The molecule has 0 spiro atoms. The van der Waals surface area contributed by atoms with Crippen molar-refractivity contribution in [3.63, 3.8) is 0 Å². The molecule has 2 atom stereocenters. The Kier molecular flexibility index (Phi) is 11.2. The average molecular weight is 542 g/mol. The molecule has 3 amide bonds. The summed E-state index contributed by atoms with van der Waals surface area (Å²) in [7, 11) is 0. The van der Waals surface area contributed by atoms with Crippen LogP contribution in [0.3, 0.4) is 0 Å². The maximum Gasteiger partial charge on any atom is 0.408 e. The number of hydrogen-bond acceptors (Lipinski definition) is 6. The molecule has 0 aliphatic rings. The van der Waals surface area contributed by atoms with Crippen LogP contribution < -0.4 is 10.6 Å². The predicted molar refractivity (Wildman–Crippen MR) is 150 cm³/mol. The van der Waals surface area contributed by atoms with Gasteiger partial charge in [-0.1, -0.05) is 31.5 Å². The number of aromatic hydroxyl groups is 2. The fourth-order valence-corrected chi connectivity index (χ4v) is 4.15. The number of aryl methyl sites for hydroxylation is 1. The summed E-state index contributed by atoms with van der Waals surface area (Å²) in [5.74, 6) is -0.651. The van der Waals surface area contributed by atoms with Gasteiger partial charge in [-0.2, -0.15) is 0 Å². The highest BCUT2D eigenvalue weighted by Gasteiger charge is 2.38. The van der Waals surface area contributed by atoms with Gasteiger partial charge in [0.2, 0.25) is 11.8 Å². The van der Waals surface area contributed by atoms with Crippen molar-refractivity contribution in [2.45, 2.75) is 91.5 Å². The maximum atomic E-state index is 14.2. The van der Waals surface area contributed by atoms with E-state index >= 15 is 0 Å². The van der Waals surface area contributed by atoms with Gasteiger partial charge in [0.1, 0.15) is 29.2 Å². The molecular weight excluding hydrogens is 498 g/mol. The third-order valence-corrected chi connectivity index (χ3v) is 6.07. The molecule has 39 heavy (non-hydrogen) atoms. The second-order valence-corrected chi connectivity index (χ2v) is 11.0. The van der Waals surface area contributed by atoms with Crippen LogP contribution >= 0.6 is 0 Å². The van der Waals surface area contributed by atoms with Gasteiger partial charge in [-0.05, 0) is 88.9 Å². The molecule has 9 nitrogen and oxygen atoms in total. The first-order valence-corrected chi connectivity index (χ1v) is 13.4. The Balaban J connectivity index is 2.54. The summed E-state index contributed by atoms with van der Waals surface area (Å²) in [4.78, 5) is 42.1. The topological polar surface area (TPSA) is 128 Å². The van der Waals surface area contributed by atoms with E-state index in [9.17, 15) is 24.6 Å². The minimum atomic E-state index is -1.06. The Labute approximate surface area is 231 Å². The van der Waals surface area contributed by atoms with Crippen molar-refractivity contribution >= 4 is 17.9 Å². The minimum Gasteiger partial charge on any atom is -0.508 e. The molecule has 0 saturated heterocycles. The average Bonchev–Trinajstić information content (AvgIpc) is 2.83. The van der Waals surface area contributed by atoms with Crippen molar-refractivity contribution in [3.8, 4) is 11.5 Å². The molecule has 2 rings (SSSR count). The summed E-state index contributed by atoms with van der Waals surface area (Å²) < 4.78 is 5.43. The molecular formula is C30H43N3O6. The first-order valence-electron chi connectivity index (χ1n) is 13.4. The van der Waals surface area contributed by atoms with Crippen LogP contribution in [0.1, 0.15) is 77.1 Å². The fraction of sp³-hybridized carbons (Fsp3) is 0.500. The Bertz CT molecular complexity index is 1120. The number of phenolic OH excluding ortho intramolecular Hbond substituents is 2. The SMILES string of the molecule is CCCCNC(=O)C(c1ccc(O)c(C)c1)N(C(=O)C(Cc1ccc(O)cc1)NC(=O)OC(C)(C)C)C(C)C. The van der Waals surface area contributed by atoms with Crippen LogP contribution in [0.4, 0.5) is 4.79 Å². The quantitative estimate of drug-likeness (QED) is 0.304. The number of nitrogens with zero attached hydrogens (tertiary/aromatic N) is 1. The molecule has 2 unspecified atom stereocenters. The second-order valence-electron chi connectivity index (χ2n) is 11.0. The zero-order valence-electron chi connectivity index (χ0n) is 24.1. The Morgan fingerprint density at radius 1 is 1.03 bits per heavy atom.